The van der Waals surface area contributed by atoms with E-state index in [1.165, 1.54) is 6.92 Å². The second-order valence-corrected chi connectivity index (χ2v) is 5.51. The second kappa shape index (κ2) is 5.38. The maximum Gasteiger partial charge on any atom is 0.347 e. The Balaban J connectivity index is 1.76. The van der Waals surface area contributed by atoms with Gasteiger partial charge in [-0.1, -0.05) is 18.2 Å². The predicted molar refractivity (Wildman–Crippen MR) is 77.1 cm³/mol. The fraction of sp³-hybridized carbons (Fsp3) is 0.333. The Hall–Kier alpha value is -2.90. The first kappa shape index (κ1) is 15.0. The molecule has 3 amide bonds. The molecule has 8 nitrogen and oxygen atoms in total. The molecule has 3 atom stereocenters. The van der Waals surface area contributed by atoms with Gasteiger partial charge in [-0.25, -0.2) is 4.79 Å². The summed E-state index contributed by atoms with van der Waals surface area (Å²) in [5, 5.41) is 11.9. The second-order valence-electron chi connectivity index (χ2n) is 5.51. The smallest absolute Gasteiger partial charge is 0.347 e. The van der Waals surface area contributed by atoms with Crippen molar-refractivity contribution in [1.29, 1.82) is 0 Å². The van der Waals surface area contributed by atoms with Crippen molar-refractivity contribution < 1.29 is 24.3 Å². The number of carboxylic acid groups (broad SMARTS) is 1. The molecule has 0 radical (unpaired) electrons. The van der Waals surface area contributed by atoms with Gasteiger partial charge in [0.1, 0.15) is 6.04 Å². The topological polar surface area (TPSA) is 107 Å². The molecule has 3 rings (SSSR count). The van der Waals surface area contributed by atoms with Crippen LogP contribution in [0.2, 0.25) is 0 Å². The lowest BCUT2D eigenvalue weighted by Crippen LogP contribution is -2.71. The van der Waals surface area contributed by atoms with Gasteiger partial charge in [0.05, 0.1) is 6.04 Å². The van der Waals surface area contributed by atoms with E-state index >= 15 is 0 Å². The zero-order valence-corrected chi connectivity index (χ0v) is 12.3. The lowest BCUT2D eigenvalue weighted by atomic mass is 9.96. The molecule has 1 aromatic rings. The number of hydrogen-bond acceptors (Lipinski definition) is 4. The summed E-state index contributed by atoms with van der Waals surface area (Å²) >= 11 is 0. The molecular formula is C15H15N3O5. The van der Waals surface area contributed by atoms with E-state index in [4.69, 9.17) is 0 Å². The molecule has 23 heavy (non-hydrogen) atoms. The molecule has 2 saturated heterocycles. The summed E-state index contributed by atoms with van der Waals surface area (Å²) in [4.78, 5) is 49.5. The summed E-state index contributed by atoms with van der Waals surface area (Å²) in [6, 6.07) is 7.09. The Morgan fingerprint density at radius 2 is 1.87 bits per heavy atom. The van der Waals surface area contributed by atoms with E-state index in [-0.39, 0.29) is 6.54 Å². The van der Waals surface area contributed by atoms with Gasteiger partial charge in [-0.2, -0.15) is 0 Å². The number of nitrogens with one attached hydrogen (secondary N) is 1. The van der Waals surface area contributed by atoms with Crippen molar-refractivity contribution in [3.63, 3.8) is 0 Å². The van der Waals surface area contributed by atoms with Crippen molar-refractivity contribution in [3.05, 3.63) is 35.9 Å². The number of β-lactam (4-membered cyclic amide) rings is 1. The average molecular weight is 317 g/mol. The highest BCUT2D eigenvalue weighted by atomic mass is 16.4. The Morgan fingerprint density at radius 1 is 1.22 bits per heavy atom. The summed E-state index contributed by atoms with van der Waals surface area (Å²) in [5.74, 6) is -2.58. The van der Waals surface area contributed by atoms with Crippen LogP contribution >= 0.6 is 0 Å². The van der Waals surface area contributed by atoms with Crippen LogP contribution in [0.15, 0.2) is 30.3 Å². The quantitative estimate of drug-likeness (QED) is 0.715. The fourth-order valence-corrected chi connectivity index (χ4v) is 3.04. The number of amides is 3. The molecule has 2 heterocycles. The Morgan fingerprint density at radius 3 is 2.43 bits per heavy atom. The van der Waals surface area contributed by atoms with E-state index in [0.717, 1.165) is 9.80 Å². The molecule has 0 spiro atoms. The maximum absolute atomic E-state index is 12.2. The van der Waals surface area contributed by atoms with Crippen molar-refractivity contribution in [2.75, 3.05) is 6.54 Å². The molecule has 120 valence electrons. The minimum absolute atomic E-state index is 0.0950. The van der Waals surface area contributed by atoms with Gasteiger partial charge in [0.25, 0.3) is 5.91 Å². The monoisotopic (exact) mass is 317 g/mol. The summed E-state index contributed by atoms with van der Waals surface area (Å²) in [6.07, 6.45) is -1.30. The molecule has 1 aromatic carbocycles. The van der Waals surface area contributed by atoms with Crippen LogP contribution in [-0.4, -0.2) is 63.4 Å². The number of carbonyl (C=O) groups excluding carboxylic acids is 3. The number of carboxylic acids is 1. The number of aliphatic carboxylic acids is 1. The van der Waals surface area contributed by atoms with E-state index in [0.29, 0.717) is 5.56 Å². The van der Waals surface area contributed by atoms with Crippen LogP contribution in [0.5, 0.6) is 0 Å². The average Bonchev–Trinajstić information content (AvgIpc) is 2.89. The van der Waals surface area contributed by atoms with Gasteiger partial charge < -0.3 is 20.2 Å². The van der Waals surface area contributed by atoms with E-state index in [2.05, 4.69) is 5.32 Å². The molecule has 2 aliphatic heterocycles. The van der Waals surface area contributed by atoms with Gasteiger partial charge in [0.15, 0.2) is 0 Å². The van der Waals surface area contributed by atoms with Gasteiger partial charge in [0, 0.05) is 19.0 Å². The van der Waals surface area contributed by atoms with Gasteiger partial charge in [-0.05, 0) is 12.1 Å². The molecular weight excluding hydrogens is 302 g/mol. The van der Waals surface area contributed by atoms with Crippen LogP contribution in [0.25, 0.3) is 0 Å². The van der Waals surface area contributed by atoms with Crippen molar-refractivity contribution in [2.24, 2.45) is 0 Å². The fourth-order valence-electron chi connectivity index (χ4n) is 3.04. The molecule has 0 saturated carbocycles. The van der Waals surface area contributed by atoms with Crippen LogP contribution in [0.4, 0.5) is 0 Å². The molecule has 0 aliphatic carbocycles. The SMILES string of the molecule is CC(=O)N1CC2[C@@H](NC(=O)c3ccccc3)C(=O)N2C1C(=O)O. The molecule has 8 heteroatoms. The molecule has 2 N–H and O–H groups in total. The Kier molecular flexibility index (Phi) is 3.51. The van der Waals surface area contributed by atoms with Crippen LogP contribution in [0.3, 0.4) is 0 Å². The molecule has 2 fully saturated rings. The largest absolute Gasteiger partial charge is 0.478 e. The molecule has 0 aromatic heterocycles. The Bertz CT molecular complexity index is 690. The zero-order chi connectivity index (χ0) is 16.7. The van der Waals surface area contributed by atoms with Crippen molar-refractivity contribution in [2.45, 2.75) is 25.2 Å². The van der Waals surface area contributed by atoms with Crippen LogP contribution in [-0.2, 0) is 14.4 Å². The summed E-state index contributed by atoms with van der Waals surface area (Å²) in [5.41, 5.74) is 0.412. The van der Waals surface area contributed by atoms with Gasteiger partial charge in [-0.3, -0.25) is 14.4 Å². The number of fused-ring (bicyclic) bond motifs is 1. The lowest BCUT2D eigenvalue weighted by Gasteiger charge is -2.43. The van der Waals surface area contributed by atoms with E-state index in [9.17, 15) is 24.3 Å². The summed E-state index contributed by atoms with van der Waals surface area (Å²) in [6.45, 7) is 1.35. The Labute approximate surface area is 131 Å². The number of carbonyl (C=O) groups is 4. The van der Waals surface area contributed by atoms with Crippen LogP contribution in [0.1, 0.15) is 17.3 Å². The van der Waals surface area contributed by atoms with Gasteiger partial charge >= 0.3 is 5.97 Å². The number of benzene rings is 1. The first-order chi connectivity index (χ1) is 10.9. The highest BCUT2D eigenvalue weighted by molar-refractivity contribution is 6.02. The maximum atomic E-state index is 12.2. The number of rotatable bonds is 3. The summed E-state index contributed by atoms with van der Waals surface area (Å²) < 4.78 is 0. The number of hydrogen-bond donors (Lipinski definition) is 2. The number of nitrogens with zero attached hydrogens (tertiary/aromatic N) is 2. The molecule has 0 bridgehead atoms. The van der Waals surface area contributed by atoms with Gasteiger partial charge in [-0.15, -0.1) is 0 Å². The van der Waals surface area contributed by atoms with Gasteiger partial charge in [0.2, 0.25) is 18.0 Å². The third-order valence-electron chi connectivity index (χ3n) is 4.15. The van der Waals surface area contributed by atoms with E-state index < -0.39 is 41.9 Å². The normalized spacial score (nSPS) is 25.6. The summed E-state index contributed by atoms with van der Waals surface area (Å²) in [7, 11) is 0. The van der Waals surface area contributed by atoms with Crippen LogP contribution < -0.4 is 5.32 Å². The zero-order valence-electron chi connectivity index (χ0n) is 12.3. The lowest BCUT2D eigenvalue weighted by molar-refractivity contribution is -0.164. The first-order valence-electron chi connectivity index (χ1n) is 7.10. The van der Waals surface area contributed by atoms with Crippen molar-refractivity contribution >= 4 is 23.7 Å². The minimum atomic E-state index is -1.30. The molecule has 2 aliphatic rings. The first-order valence-corrected chi connectivity index (χ1v) is 7.10. The van der Waals surface area contributed by atoms with Crippen molar-refractivity contribution in [3.8, 4) is 0 Å². The van der Waals surface area contributed by atoms with E-state index in [1.807, 2.05) is 0 Å². The van der Waals surface area contributed by atoms with E-state index in [1.54, 1.807) is 30.3 Å². The standard InChI is InChI=1S/C15H15N3O5/c1-8(19)17-7-10-11(14(21)18(10)13(17)15(22)23)16-12(20)9-5-3-2-4-6-9/h2-6,10-11,13H,7H2,1H3,(H,16,20)(H,22,23)/t10?,11-,13?/m1/s1. The molecule has 2 unspecified atom stereocenters. The highest BCUT2D eigenvalue weighted by Crippen LogP contribution is 2.32. The van der Waals surface area contributed by atoms with Crippen molar-refractivity contribution in [1.82, 2.24) is 15.1 Å². The third kappa shape index (κ3) is 2.32. The highest BCUT2D eigenvalue weighted by Gasteiger charge is 2.60. The van der Waals surface area contributed by atoms with Crippen LogP contribution in [0, 0.1) is 0 Å². The third-order valence-corrected chi connectivity index (χ3v) is 4.15. The minimum Gasteiger partial charge on any atom is -0.478 e. The predicted octanol–water partition coefficient (Wildman–Crippen LogP) is -0.731.